The Labute approximate surface area is 141 Å². The highest BCUT2D eigenvalue weighted by Crippen LogP contribution is 2.32. The summed E-state index contributed by atoms with van der Waals surface area (Å²) in [5.41, 5.74) is 0.477. The number of aliphatic imine (C=N–C) groups is 1. The number of amides is 1. The number of nitrogens with zero attached hydrogens (tertiary/aromatic N) is 1. The summed E-state index contributed by atoms with van der Waals surface area (Å²) in [5, 5.41) is 2.70. The summed E-state index contributed by atoms with van der Waals surface area (Å²) in [7, 11) is 1.51. The van der Waals surface area contributed by atoms with E-state index in [1.165, 1.54) is 39.5 Å². The van der Waals surface area contributed by atoms with Crippen LogP contribution in [0, 0.1) is 0 Å². The number of carbonyl (C=O) groups is 1. The van der Waals surface area contributed by atoms with E-state index in [2.05, 4.69) is 10.3 Å². The van der Waals surface area contributed by atoms with E-state index in [-0.39, 0.29) is 18.7 Å². The highest BCUT2D eigenvalue weighted by molar-refractivity contribution is 6.04. The first-order valence-corrected chi connectivity index (χ1v) is 8.39. The molecule has 1 saturated heterocycles. The highest BCUT2D eigenvalue weighted by atomic mass is 16.7. The van der Waals surface area contributed by atoms with Gasteiger partial charge in [-0.2, -0.15) is 0 Å². The molecule has 2 N–H and O–H groups in total. The number of quaternary nitrogens is 1. The summed E-state index contributed by atoms with van der Waals surface area (Å²) in [5.74, 6) is 0.947. The second kappa shape index (κ2) is 8.01. The van der Waals surface area contributed by atoms with Gasteiger partial charge in [0, 0.05) is 5.56 Å². The minimum absolute atomic E-state index is 0.185. The predicted molar refractivity (Wildman–Crippen MR) is 88.8 cm³/mol. The number of benzene rings is 1. The Morgan fingerprint density at radius 1 is 1.25 bits per heavy atom. The van der Waals surface area contributed by atoms with Crippen molar-refractivity contribution >= 4 is 11.9 Å². The van der Waals surface area contributed by atoms with E-state index in [4.69, 9.17) is 14.2 Å². The molecule has 0 unspecified atom stereocenters. The smallest absolute Gasteiger partial charge is 0.291 e. The Balaban J connectivity index is 1.53. The van der Waals surface area contributed by atoms with Crippen LogP contribution >= 0.6 is 0 Å². The molecule has 7 nitrogen and oxygen atoms in total. The van der Waals surface area contributed by atoms with E-state index in [1.54, 1.807) is 23.1 Å². The predicted octanol–water partition coefficient (Wildman–Crippen LogP) is 0.216. The molecule has 2 heterocycles. The first-order valence-electron chi connectivity index (χ1n) is 8.39. The molecule has 0 aliphatic carbocycles. The molecule has 0 saturated carbocycles. The molecule has 0 bridgehead atoms. The van der Waals surface area contributed by atoms with Gasteiger partial charge in [0.2, 0.25) is 6.79 Å². The zero-order valence-electron chi connectivity index (χ0n) is 14.0. The number of ether oxygens (including phenoxy) is 3. The maximum absolute atomic E-state index is 12.3. The number of rotatable bonds is 4. The average Bonchev–Trinajstić information content (AvgIpc) is 3.09. The SMILES string of the molecule is COC(=NCC[NH+]1CCCCC1)NC(=O)c1ccc2c(c1)OCO2. The van der Waals surface area contributed by atoms with Crippen molar-refractivity contribution in [1.82, 2.24) is 5.32 Å². The number of likely N-dealkylation sites (tertiary alicyclic amines) is 1. The molecule has 2 aliphatic heterocycles. The first kappa shape index (κ1) is 16.6. The summed E-state index contributed by atoms with van der Waals surface area (Å²) < 4.78 is 15.7. The Hall–Kier alpha value is -2.28. The number of hydrogen-bond donors (Lipinski definition) is 2. The molecule has 0 atom stereocenters. The van der Waals surface area contributed by atoms with E-state index >= 15 is 0 Å². The summed E-state index contributed by atoms with van der Waals surface area (Å²) in [4.78, 5) is 18.2. The second-order valence-corrected chi connectivity index (χ2v) is 5.97. The number of fused-ring (bicyclic) bond motifs is 1. The van der Waals surface area contributed by atoms with Crippen molar-refractivity contribution in [3.63, 3.8) is 0 Å². The monoisotopic (exact) mass is 334 g/mol. The molecule has 1 fully saturated rings. The molecule has 1 aromatic rings. The van der Waals surface area contributed by atoms with Crippen LogP contribution in [0.4, 0.5) is 0 Å². The second-order valence-electron chi connectivity index (χ2n) is 5.97. The molecule has 0 radical (unpaired) electrons. The molecule has 1 aromatic carbocycles. The molecule has 0 spiro atoms. The lowest BCUT2D eigenvalue weighted by molar-refractivity contribution is -0.903. The Morgan fingerprint density at radius 2 is 2.04 bits per heavy atom. The average molecular weight is 334 g/mol. The van der Waals surface area contributed by atoms with E-state index in [0.29, 0.717) is 23.6 Å². The molecular weight excluding hydrogens is 310 g/mol. The van der Waals surface area contributed by atoms with Gasteiger partial charge < -0.3 is 19.1 Å². The number of methoxy groups -OCH3 is 1. The molecule has 1 amide bonds. The number of nitrogens with one attached hydrogen (secondary N) is 2. The van der Waals surface area contributed by atoms with Gasteiger partial charge in [-0.15, -0.1) is 0 Å². The van der Waals surface area contributed by atoms with Gasteiger partial charge in [-0.1, -0.05) is 0 Å². The maximum atomic E-state index is 12.3. The minimum Gasteiger partial charge on any atom is -0.468 e. The molecule has 24 heavy (non-hydrogen) atoms. The highest BCUT2D eigenvalue weighted by Gasteiger charge is 2.17. The lowest BCUT2D eigenvalue weighted by Crippen LogP contribution is -3.13. The van der Waals surface area contributed by atoms with Gasteiger partial charge in [-0.25, -0.2) is 4.99 Å². The minimum atomic E-state index is -0.279. The zero-order chi connectivity index (χ0) is 16.8. The van der Waals surface area contributed by atoms with Crippen LogP contribution < -0.4 is 19.7 Å². The maximum Gasteiger partial charge on any atom is 0.291 e. The van der Waals surface area contributed by atoms with Crippen molar-refractivity contribution in [1.29, 1.82) is 0 Å². The van der Waals surface area contributed by atoms with E-state index in [1.807, 2.05) is 0 Å². The molecule has 2 aliphatic rings. The van der Waals surface area contributed by atoms with Crippen LogP contribution in [0.1, 0.15) is 29.6 Å². The number of amidine groups is 1. The van der Waals surface area contributed by atoms with Crippen molar-refractivity contribution in [2.75, 3.05) is 40.1 Å². The Kier molecular flexibility index (Phi) is 5.53. The van der Waals surface area contributed by atoms with Crippen molar-refractivity contribution in [3.8, 4) is 11.5 Å². The van der Waals surface area contributed by atoms with Gasteiger partial charge in [-0.3, -0.25) is 10.1 Å². The van der Waals surface area contributed by atoms with Gasteiger partial charge >= 0.3 is 0 Å². The van der Waals surface area contributed by atoms with Crippen LogP contribution in [0.3, 0.4) is 0 Å². The Bertz CT molecular complexity index is 612. The lowest BCUT2D eigenvalue weighted by Gasteiger charge is -2.22. The lowest BCUT2D eigenvalue weighted by atomic mass is 10.1. The van der Waals surface area contributed by atoms with Crippen molar-refractivity contribution < 1.29 is 23.9 Å². The topological polar surface area (TPSA) is 73.6 Å². The van der Waals surface area contributed by atoms with E-state index in [0.717, 1.165) is 6.54 Å². The summed E-state index contributed by atoms with van der Waals surface area (Å²) in [6, 6.07) is 5.31. The molecule has 3 rings (SSSR count). The quantitative estimate of drug-likeness (QED) is 0.610. The van der Waals surface area contributed by atoms with Crippen molar-refractivity contribution in [2.45, 2.75) is 19.3 Å². The standard InChI is InChI=1S/C17H23N3O4/c1-22-17(18-7-10-20-8-3-2-4-9-20)19-16(21)13-5-6-14-15(11-13)24-12-23-14/h5-6,11H,2-4,7-10,12H2,1H3,(H,18,19,21)/p+1. The molecule has 0 aromatic heterocycles. The van der Waals surface area contributed by atoms with E-state index < -0.39 is 0 Å². The fraction of sp³-hybridized carbons (Fsp3) is 0.529. The normalized spacial score (nSPS) is 17.6. The van der Waals surface area contributed by atoms with Crippen molar-refractivity contribution in [2.24, 2.45) is 4.99 Å². The molecule has 130 valence electrons. The van der Waals surface area contributed by atoms with Crippen LogP contribution in [-0.2, 0) is 4.74 Å². The fourth-order valence-electron chi connectivity index (χ4n) is 2.98. The largest absolute Gasteiger partial charge is 0.468 e. The number of carbonyl (C=O) groups excluding carboxylic acids is 1. The van der Waals surface area contributed by atoms with Crippen LogP contribution in [0.25, 0.3) is 0 Å². The van der Waals surface area contributed by atoms with Crippen LogP contribution in [0.15, 0.2) is 23.2 Å². The summed E-state index contributed by atoms with van der Waals surface area (Å²) in [6.07, 6.45) is 3.91. The third-order valence-electron chi connectivity index (χ3n) is 4.33. The third kappa shape index (κ3) is 4.17. The molecule has 7 heteroatoms. The number of hydrogen-bond acceptors (Lipinski definition) is 5. The Morgan fingerprint density at radius 3 is 2.83 bits per heavy atom. The van der Waals surface area contributed by atoms with Crippen molar-refractivity contribution in [3.05, 3.63) is 23.8 Å². The summed E-state index contributed by atoms with van der Waals surface area (Å²) >= 11 is 0. The van der Waals surface area contributed by atoms with Crippen LogP contribution in [0.2, 0.25) is 0 Å². The van der Waals surface area contributed by atoms with E-state index in [9.17, 15) is 4.79 Å². The van der Waals surface area contributed by atoms with Crippen LogP contribution in [0.5, 0.6) is 11.5 Å². The fourth-order valence-corrected chi connectivity index (χ4v) is 2.98. The number of piperidine rings is 1. The zero-order valence-corrected chi connectivity index (χ0v) is 14.0. The van der Waals surface area contributed by atoms with Gasteiger partial charge in [0.25, 0.3) is 11.9 Å². The molecular formula is C17H24N3O4+. The van der Waals surface area contributed by atoms with Crippen LogP contribution in [-0.4, -0.2) is 52.0 Å². The third-order valence-corrected chi connectivity index (χ3v) is 4.33. The van der Waals surface area contributed by atoms with Gasteiger partial charge in [0.15, 0.2) is 11.5 Å². The van der Waals surface area contributed by atoms with Gasteiger partial charge in [0.05, 0.1) is 33.3 Å². The first-order chi connectivity index (χ1) is 11.8. The summed E-state index contributed by atoms with van der Waals surface area (Å²) in [6.45, 7) is 4.21. The van der Waals surface area contributed by atoms with Gasteiger partial charge in [0.1, 0.15) is 0 Å². The van der Waals surface area contributed by atoms with Gasteiger partial charge in [-0.05, 0) is 37.5 Å².